The van der Waals surface area contributed by atoms with Crippen LogP contribution in [0, 0.1) is 0 Å². The highest BCUT2D eigenvalue weighted by Gasteiger charge is 2.21. The quantitative estimate of drug-likeness (QED) is 0.492. The first kappa shape index (κ1) is 24.6. The number of nitrogens with zero attached hydrogens (tertiary/aromatic N) is 3. The number of thiazole rings is 1. The average Bonchev–Trinajstić information content (AvgIpc) is 3.10. The van der Waals surface area contributed by atoms with Crippen LogP contribution >= 0.6 is 11.3 Å². The van der Waals surface area contributed by atoms with Gasteiger partial charge in [0.15, 0.2) is 4.80 Å². The number of anilines is 1. The molecule has 0 atom stereocenters. The SMILES string of the molecule is C=CCn1c(=NC(=O)c2ccc(S(=O)(=O)N(CC)CC)cc2)sc2cc(NC(C)=O)ccc21. The van der Waals surface area contributed by atoms with E-state index in [0.717, 1.165) is 10.2 Å². The molecule has 0 radical (unpaired) electrons. The van der Waals surface area contributed by atoms with Crippen LogP contribution < -0.4 is 10.1 Å². The van der Waals surface area contributed by atoms with Gasteiger partial charge in [0.25, 0.3) is 5.91 Å². The number of carbonyl (C=O) groups is 2. The molecule has 2 aromatic carbocycles. The molecule has 0 fully saturated rings. The largest absolute Gasteiger partial charge is 0.326 e. The van der Waals surface area contributed by atoms with E-state index in [9.17, 15) is 18.0 Å². The molecule has 3 rings (SSSR count). The molecular formula is C23H26N4O4S2. The number of benzene rings is 2. The Labute approximate surface area is 196 Å². The summed E-state index contributed by atoms with van der Waals surface area (Å²) in [5, 5.41) is 2.75. The van der Waals surface area contributed by atoms with Crippen molar-refractivity contribution in [3.05, 3.63) is 65.5 Å². The van der Waals surface area contributed by atoms with E-state index in [2.05, 4.69) is 16.9 Å². The molecule has 10 heteroatoms. The van der Waals surface area contributed by atoms with E-state index in [0.29, 0.717) is 30.1 Å². The molecule has 2 amide bonds. The molecule has 0 spiro atoms. The second-order valence-electron chi connectivity index (χ2n) is 7.18. The van der Waals surface area contributed by atoms with Crippen molar-refractivity contribution < 1.29 is 18.0 Å². The first-order valence-electron chi connectivity index (χ1n) is 10.4. The maximum absolute atomic E-state index is 12.9. The van der Waals surface area contributed by atoms with Crippen LogP contribution in [0.15, 0.2) is 65.0 Å². The number of rotatable bonds is 8. The lowest BCUT2D eigenvalue weighted by Crippen LogP contribution is -2.30. The highest BCUT2D eigenvalue weighted by atomic mass is 32.2. The predicted octanol–water partition coefficient (Wildman–Crippen LogP) is 3.62. The minimum Gasteiger partial charge on any atom is -0.326 e. The Morgan fingerprint density at radius 3 is 2.39 bits per heavy atom. The van der Waals surface area contributed by atoms with Crippen molar-refractivity contribution in [3.63, 3.8) is 0 Å². The average molecular weight is 487 g/mol. The van der Waals surface area contributed by atoms with E-state index in [1.54, 1.807) is 26.0 Å². The summed E-state index contributed by atoms with van der Waals surface area (Å²) < 4.78 is 29.4. The van der Waals surface area contributed by atoms with E-state index < -0.39 is 15.9 Å². The van der Waals surface area contributed by atoms with Gasteiger partial charge >= 0.3 is 0 Å². The van der Waals surface area contributed by atoms with Gasteiger partial charge in [-0.15, -0.1) is 6.58 Å². The standard InChI is InChI=1S/C23H26N4O4S2/c1-5-14-27-20-13-10-18(24-16(4)28)15-21(20)32-23(27)25-22(29)17-8-11-19(12-9-17)33(30,31)26(6-2)7-3/h5,8-13,15H,1,6-7,14H2,2-4H3,(H,24,28). The Bertz CT molecular complexity index is 1370. The van der Waals surface area contributed by atoms with Gasteiger partial charge in [0.2, 0.25) is 15.9 Å². The Morgan fingerprint density at radius 2 is 1.82 bits per heavy atom. The molecule has 0 unspecified atom stereocenters. The minimum atomic E-state index is -3.60. The Balaban J connectivity index is 1.99. The van der Waals surface area contributed by atoms with Gasteiger partial charge in [-0.1, -0.05) is 31.3 Å². The number of hydrogen-bond acceptors (Lipinski definition) is 5. The Kier molecular flexibility index (Phi) is 7.62. The lowest BCUT2D eigenvalue weighted by atomic mass is 10.2. The lowest BCUT2D eigenvalue weighted by Gasteiger charge is -2.18. The molecule has 0 aliphatic carbocycles. The number of sulfonamides is 1. The van der Waals surface area contributed by atoms with Crippen LogP contribution in [0.1, 0.15) is 31.1 Å². The summed E-state index contributed by atoms with van der Waals surface area (Å²) in [4.78, 5) is 29.1. The van der Waals surface area contributed by atoms with E-state index in [1.165, 1.54) is 46.8 Å². The highest BCUT2D eigenvalue weighted by molar-refractivity contribution is 7.89. The van der Waals surface area contributed by atoms with Crippen molar-refractivity contribution in [2.75, 3.05) is 18.4 Å². The summed E-state index contributed by atoms with van der Waals surface area (Å²) in [5.41, 5.74) is 1.81. The van der Waals surface area contributed by atoms with Crippen LogP contribution in [0.4, 0.5) is 5.69 Å². The Hall–Kier alpha value is -3.08. The maximum atomic E-state index is 12.9. The van der Waals surface area contributed by atoms with Gasteiger partial charge in [-0.25, -0.2) is 8.42 Å². The van der Waals surface area contributed by atoms with Crippen LogP contribution in [-0.4, -0.2) is 42.2 Å². The number of amides is 2. The molecule has 3 aromatic rings. The monoisotopic (exact) mass is 486 g/mol. The molecule has 0 saturated heterocycles. The van der Waals surface area contributed by atoms with Crippen molar-refractivity contribution in [3.8, 4) is 0 Å². The van der Waals surface area contributed by atoms with Crippen molar-refractivity contribution in [2.45, 2.75) is 32.2 Å². The molecule has 174 valence electrons. The third kappa shape index (κ3) is 5.29. The van der Waals surface area contributed by atoms with Crippen molar-refractivity contribution in [2.24, 2.45) is 4.99 Å². The molecule has 0 saturated carbocycles. The summed E-state index contributed by atoms with van der Waals surface area (Å²) in [6.45, 7) is 9.96. The van der Waals surface area contributed by atoms with Crippen molar-refractivity contribution >= 4 is 49.1 Å². The predicted molar refractivity (Wildman–Crippen MR) is 131 cm³/mol. The highest BCUT2D eigenvalue weighted by Crippen LogP contribution is 2.22. The second kappa shape index (κ2) is 10.2. The van der Waals surface area contributed by atoms with Crippen molar-refractivity contribution in [1.82, 2.24) is 8.87 Å². The van der Waals surface area contributed by atoms with Crippen LogP contribution in [0.25, 0.3) is 10.2 Å². The molecule has 1 aromatic heterocycles. The zero-order valence-electron chi connectivity index (χ0n) is 18.7. The van der Waals surface area contributed by atoms with Crippen LogP contribution in [-0.2, 0) is 21.4 Å². The molecule has 33 heavy (non-hydrogen) atoms. The fraction of sp³-hybridized carbons (Fsp3) is 0.261. The summed E-state index contributed by atoms with van der Waals surface area (Å²) in [5.74, 6) is -0.648. The molecule has 0 bridgehead atoms. The van der Waals surface area contributed by atoms with Crippen molar-refractivity contribution in [1.29, 1.82) is 0 Å². The first-order chi connectivity index (χ1) is 15.7. The van der Waals surface area contributed by atoms with E-state index in [4.69, 9.17) is 0 Å². The number of aromatic nitrogens is 1. The fourth-order valence-corrected chi connectivity index (χ4v) is 5.91. The number of allylic oxidation sites excluding steroid dienone is 1. The summed E-state index contributed by atoms with van der Waals surface area (Å²) >= 11 is 1.32. The maximum Gasteiger partial charge on any atom is 0.279 e. The number of fused-ring (bicyclic) bond motifs is 1. The van der Waals surface area contributed by atoms with Crippen LogP contribution in [0.2, 0.25) is 0 Å². The van der Waals surface area contributed by atoms with Gasteiger partial charge in [-0.05, 0) is 42.5 Å². The third-order valence-corrected chi connectivity index (χ3v) is 8.06. The van der Waals surface area contributed by atoms with Crippen LogP contribution in [0.3, 0.4) is 0 Å². The molecule has 0 aliphatic rings. The number of hydrogen-bond donors (Lipinski definition) is 1. The molecule has 1 heterocycles. The molecule has 1 N–H and O–H groups in total. The van der Waals surface area contributed by atoms with Gasteiger partial charge in [-0.2, -0.15) is 9.30 Å². The first-order valence-corrected chi connectivity index (χ1v) is 12.7. The van der Waals surface area contributed by atoms with Gasteiger partial charge in [-0.3, -0.25) is 9.59 Å². The fourth-order valence-electron chi connectivity index (χ4n) is 3.38. The summed E-state index contributed by atoms with van der Waals surface area (Å²) in [6, 6.07) is 11.3. The minimum absolute atomic E-state index is 0.136. The zero-order valence-corrected chi connectivity index (χ0v) is 20.4. The Morgan fingerprint density at radius 1 is 1.15 bits per heavy atom. The number of nitrogens with one attached hydrogen (secondary N) is 1. The van der Waals surface area contributed by atoms with E-state index >= 15 is 0 Å². The van der Waals surface area contributed by atoms with Gasteiger partial charge in [0, 0.05) is 37.8 Å². The smallest absolute Gasteiger partial charge is 0.279 e. The number of carbonyl (C=O) groups excluding carboxylic acids is 2. The molecular weight excluding hydrogens is 460 g/mol. The van der Waals surface area contributed by atoms with Gasteiger partial charge in [0.1, 0.15) is 0 Å². The molecule has 8 nitrogen and oxygen atoms in total. The summed E-state index contributed by atoms with van der Waals surface area (Å²) in [6.07, 6.45) is 1.71. The van der Waals surface area contributed by atoms with E-state index in [-0.39, 0.29) is 16.4 Å². The topological polar surface area (TPSA) is 101 Å². The lowest BCUT2D eigenvalue weighted by molar-refractivity contribution is -0.114. The summed E-state index contributed by atoms with van der Waals surface area (Å²) in [7, 11) is -3.60. The van der Waals surface area contributed by atoms with Gasteiger partial charge < -0.3 is 9.88 Å². The third-order valence-electron chi connectivity index (χ3n) is 4.96. The zero-order chi connectivity index (χ0) is 24.2. The second-order valence-corrected chi connectivity index (χ2v) is 10.1. The molecule has 0 aliphatic heterocycles. The van der Waals surface area contributed by atoms with Crippen LogP contribution in [0.5, 0.6) is 0 Å². The van der Waals surface area contributed by atoms with E-state index in [1.807, 2.05) is 16.7 Å². The normalized spacial score (nSPS) is 12.3. The van der Waals surface area contributed by atoms with Gasteiger partial charge in [0.05, 0.1) is 15.1 Å².